The number of nitrogens with two attached hydrogens (primary N) is 1. The molecule has 2 unspecified atom stereocenters. The molecule has 4 nitrogen and oxygen atoms in total. The quantitative estimate of drug-likeness (QED) is 0.727. The molecule has 1 aliphatic heterocycles. The maximum absolute atomic E-state index is 6.41. The Morgan fingerprint density at radius 1 is 0.962 bits per heavy atom. The Morgan fingerprint density at radius 3 is 2.58 bits per heavy atom. The van der Waals surface area contributed by atoms with Gasteiger partial charge in [-0.15, -0.1) is 0 Å². The molecule has 0 bridgehead atoms. The van der Waals surface area contributed by atoms with E-state index in [-0.39, 0.29) is 12.0 Å². The summed E-state index contributed by atoms with van der Waals surface area (Å²) in [6, 6.07) is 17.6. The average Bonchev–Trinajstić information content (AvgIpc) is 3.06. The van der Waals surface area contributed by atoms with Gasteiger partial charge in [0, 0.05) is 36.8 Å². The Morgan fingerprint density at radius 2 is 1.77 bits per heavy atom. The van der Waals surface area contributed by atoms with Gasteiger partial charge in [-0.1, -0.05) is 65.7 Å². The monoisotopic (exact) mass is 384 g/mol. The van der Waals surface area contributed by atoms with Gasteiger partial charge < -0.3 is 10.6 Å². The molecule has 132 valence electrons. The van der Waals surface area contributed by atoms with Crippen LogP contribution in [0.2, 0.25) is 10.0 Å². The van der Waals surface area contributed by atoms with E-state index in [9.17, 15) is 0 Å². The molecule has 0 aliphatic carbocycles. The molecule has 0 saturated carbocycles. The van der Waals surface area contributed by atoms with Crippen LogP contribution in [-0.2, 0) is 0 Å². The summed E-state index contributed by atoms with van der Waals surface area (Å²) in [5.74, 6) is 0.771. The van der Waals surface area contributed by atoms with E-state index in [2.05, 4.69) is 9.88 Å². The van der Waals surface area contributed by atoms with Crippen molar-refractivity contribution >= 4 is 29.2 Å². The normalized spacial score (nSPS) is 19.7. The number of nitrogens with zero attached hydrogens (tertiary/aromatic N) is 3. The lowest BCUT2D eigenvalue weighted by molar-refractivity contribution is 0.654. The smallest absolute Gasteiger partial charge is 0.225 e. The largest absolute Gasteiger partial charge is 0.339 e. The maximum atomic E-state index is 6.41. The Bertz CT molecular complexity index is 917. The zero-order valence-electron chi connectivity index (χ0n) is 14.0. The number of hydrogen-bond acceptors (Lipinski definition) is 4. The Labute approximate surface area is 162 Å². The van der Waals surface area contributed by atoms with E-state index in [0.717, 1.165) is 16.8 Å². The lowest BCUT2D eigenvalue weighted by Gasteiger charge is -2.18. The minimum absolute atomic E-state index is 0.0602. The first kappa shape index (κ1) is 17.3. The van der Waals surface area contributed by atoms with E-state index >= 15 is 0 Å². The molecular weight excluding hydrogens is 367 g/mol. The van der Waals surface area contributed by atoms with Gasteiger partial charge in [0.15, 0.2) is 0 Å². The second kappa shape index (κ2) is 7.23. The minimum atomic E-state index is -0.0602. The van der Waals surface area contributed by atoms with Crippen LogP contribution in [0.1, 0.15) is 11.5 Å². The van der Waals surface area contributed by atoms with Crippen molar-refractivity contribution in [1.82, 2.24) is 9.97 Å². The van der Waals surface area contributed by atoms with E-state index in [0.29, 0.717) is 29.1 Å². The SMILES string of the molecule is NC1CN(c2nccc(-c3ccccc3)n2)CC1c1cccc(Cl)c1Cl. The summed E-state index contributed by atoms with van der Waals surface area (Å²) >= 11 is 12.6. The standard InChI is InChI=1S/C20H18Cl2N4/c21-16-8-4-7-14(19(16)22)15-11-26(12-17(15)23)20-24-10-9-18(25-20)13-5-2-1-3-6-13/h1-10,15,17H,11-12,23H2. The third-order valence-electron chi connectivity index (χ3n) is 4.74. The van der Waals surface area contributed by atoms with Gasteiger partial charge in [0.2, 0.25) is 5.95 Å². The van der Waals surface area contributed by atoms with Crippen molar-refractivity contribution in [2.24, 2.45) is 5.73 Å². The summed E-state index contributed by atoms with van der Waals surface area (Å²) in [7, 11) is 0. The number of benzene rings is 2. The summed E-state index contributed by atoms with van der Waals surface area (Å²) in [4.78, 5) is 11.3. The molecule has 0 spiro atoms. The fourth-order valence-electron chi connectivity index (χ4n) is 3.40. The highest BCUT2D eigenvalue weighted by Gasteiger charge is 2.34. The van der Waals surface area contributed by atoms with Gasteiger partial charge in [0.25, 0.3) is 0 Å². The van der Waals surface area contributed by atoms with Crippen molar-refractivity contribution in [3.63, 3.8) is 0 Å². The second-order valence-corrected chi connectivity index (χ2v) is 7.21. The van der Waals surface area contributed by atoms with Gasteiger partial charge in [-0.2, -0.15) is 0 Å². The second-order valence-electron chi connectivity index (χ2n) is 6.43. The maximum Gasteiger partial charge on any atom is 0.225 e. The number of anilines is 1. The molecule has 2 N–H and O–H groups in total. The molecule has 1 aromatic heterocycles. The van der Waals surface area contributed by atoms with Crippen LogP contribution in [0.15, 0.2) is 60.8 Å². The summed E-state index contributed by atoms with van der Waals surface area (Å²) in [5.41, 5.74) is 9.35. The average molecular weight is 385 g/mol. The van der Waals surface area contributed by atoms with Crippen LogP contribution in [0.25, 0.3) is 11.3 Å². The fraction of sp³-hybridized carbons (Fsp3) is 0.200. The molecule has 2 atom stereocenters. The lowest BCUT2D eigenvalue weighted by atomic mass is 9.95. The molecule has 1 fully saturated rings. The first-order chi connectivity index (χ1) is 12.6. The molecular formula is C20H18Cl2N4. The predicted octanol–water partition coefficient (Wildman–Crippen LogP) is 4.38. The van der Waals surface area contributed by atoms with Crippen molar-refractivity contribution in [3.8, 4) is 11.3 Å². The highest BCUT2D eigenvalue weighted by Crippen LogP contribution is 2.36. The molecule has 4 rings (SSSR count). The van der Waals surface area contributed by atoms with Gasteiger partial charge >= 0.3 is 0 Å². The lowest BCUT2D eigenvalue weighted by Crippen LogP contribution is -2.29. The third-order valence-corrected chi connectivity index (χ3v) is 5.57. The van der Waals surface area contributed by atoms with Crippen molar-refractivity contribution in [2.45, 2.75) is 12.0 Å². The van der Waals surface area contributed by atoms with Crippen LogP contribution in [0.4, 0.5) is 5.95 Å². The number of hydrogen-bond donors (Lipinski definition) is 1. The molecule has 6 heteroatoms. The molecule has 0 amide bonds. The van der Waals surface area contributed by atoms with E-state index in [1.165, 1.54) is 0 Å². The molecule has 2 aromatic carbocycles. The van der Waals surface area contributed by atoms with E-state index in [1.54, 1.807) is 12.3 Å². The predicted molar refractivity (Wildman–Crippen MR) is 107 cm³/mol. The number of aromatic nitrogens is 2. The van der Waals surface area contributed by atoms with E-state index in [4.69, 9.17) is 33.9 Å². The molecule has 3 aromatic rings. The molecule has 2 heterocycles. The van der Waals surface area contributed by atoms with Crippen molar-refractivity contribution < 1.29 is 0 Å². The first-order valence-corrected chi connectivity index (χ1v) is 9.22. The Hall–Kier alpha value is -2.14. The highest BCUT2D eigenvalue weighted by atomic mass is 35.5. The molecule has 0 radical (unpaired) electrons. The highest BCUT2D eigenvalue weighted by molar-refractivity contribution is 6.42. The molecule has 1 aliphatic rings. The third kappa shape index (κ3) is 3.28. The summed E-state index contributed by atoms with van der Waals surface area (Å²) in [6.45, 7) is 1.38. The zero-order chi connectivity index (χ0) is 18.1. The van der Waals surface area contributed by atoms with Gasteiger partial charge in [-0.05, 0) is 17.7 Å². The van der Waals surface area contributed by atoms with Gasteiger partial charge in [-0.3, -0.25) is 0 Å². The van der Waals surface area contributed by atoms with E-state index in [1.807, 2.05) is 48.5 Å². The van der Waals surface area contributed by atoms with E-state index < -0.39 is 0 Å². The summed E-state index contributed by atoms with van der Waals surface area (Å²) < 4.78 is 0. The van der Waals surface area contributed by atoms with Crippen LogP contribution < -0.4 is 10.6 Å². The Balaban J connectivity index is 1.61. The van der Waals surface area contributed by atoms with Gasteiger partial charge in [0.1, 0.15) is 0 Å². The van der Waals surface area contributed by atoms with Crippen LogP contribution in [-0.4, -0.2) is 29.1 Å². The minimum Gasteiger partial charge on any atom is -0.339 e. The molecule has 26 heavy (non-hydrogen) atoms. The van der Waals surface area contributed by atoms with Crippen LogP contribution >= 0.6 is 23.2 Å². The number of rotatable bonds is 3. The van der Waals surface area contributed by atoms with Crippen LogP contribution in [0.3, 0.4) is 0 Å². The topological polar surface area (TPSA) is 55.0 Å². The first-order valence-electron chi connectivity index (χ1n) is 8.46. The van der Waals surface area contributed by atoms with Crippen molar-refractivity contribution in [1.29, 1.82) is 0 Å². The van der Waals surface area contributed by atoms with Crippen LogP contribution in [0.5, 0.6) is 0 Å². The number of halogens is 2. The van der Waals surface area contributed by atoms with Gasteiger partial charge in [-0.25, -0.2) is 9.97 Å². The fourth-order valence-corrected chi connectivity index (χ4v) is 3.85. The Kier molecular flexibility index (Phi) is 4.81. The molecule has 1 saturated heterocycles. The van der Waals surface area contributed by atoms with Crippen molar-refractivity contribution in [3.05, 3.63) is 76.4 Å². The van der Waals surface area contributed by atoms with Gasteiger partial charge in [0.05, 0.1) is 15.7 Å². The van der Waals surface area contributed by atoms with Crippen molar-refractivity contribution in [2.75, 3.05) is 18.0 Å². The zero-order valence-corrected chi connectivity index (χ0v) is 15.5. The summed E-state index contributed by atoms with van der Waals surface area (Å²) in [5, 5.41) is 1.13. The van der Waals surface area contributed by atoms with Crippen LogP contribution in [0, 0.1) is 0 Å². The summed E-state index contributed by atoms with van der Waals surface area (Å²) in [6.07, 6.45) is 1.79.